The number of carbonyl (C=O) groups excluding carboxylic acids is 1. The molecule has 0 aliphatic carbocycles. The van der Waals surface area contributed by atoms with Gasteiger partial charge in [-0.1, -0.05) is 42.3 Å². The van der Waals surface area contributed by atoms with Crippen molar-refractivity contribution in [2.24, 2.45) is 0 Å². The van der Waals surface area contributed by atoms with E-state index in [0.717, 1.165) is 31.0 Å². The summed E-state index contributed by atoms with van der Waals surface area (Å²) in [5, 5.41) is 3.49. The van der Waals surface area contributed by atoms with Gasteiger partial charge in [-0.2, -0.15) is 9.36 Å². The summed E-state index contributed by atoms with van der Waals surface area (Å²) in [6, 6.07) is 15.5. The highest BCUT2D eigenvalue weighted by molar-refractivity contribution is 7.07. The molecule has 0 radical (unpaired) electrons. The maximum atomic E-state index is 12.5. The van der Waals surface area contributed by atoms with Crippen molar-refractivity contribution in [1.29, 1.82) is 0 Å². The van der Waals surface area contributed by atoms with Crippen molar-refractivity contribution in [3.63, 3.8) is 0 Å². The number of amides is 1. The van der Waals surface area contributed by atoms with Gasteiger partial charge in [0, 0.05) is 36.6 Å². The van der Waals surface area contributed by atoms with Gasteiger partial charge in [-0.15, -0.1) is 0 Å². The van der Waals surface area contributed by atoms with Crippen LogP contribution in [0.1, 0.15) is 46.6 Å². The van der Waals surface area contributed by atoms with E-state index in [9.17, 15) is 4.79 Å². The highest BCUT2D eigenvalue weighted by Gasteiger charge is 2.12. The zero-order valence-corrected chi connectivity index (χ0v) is 18.7. The lowest BCUT2D eigenvalue weighted by atomic mass is 10.1. The standard InChI is InChI=1S/C24H28N4O2S/c1-18-8-10-19(11-9-18)16-22-26-24(31-27-22)30-21-7-5-6-20(17-21)23(29)25-12-15-28-13-3-2-4-14-28/h5-11,17H,2-4,12-16H2,1H3,(H,25,29). The zero-order chi connectivity index (χ0) is 21.5. The van der Waals surface area contributed by atoms with Gasteiger partial charge >= 0.3 is 0 Å². The molecule has 4 rings (SSSR count). The topological polar surface area (TPSA) is 67.3 Å². The van der Waals surface area contributed by atoms with Crippen LogP contribution in [0.15, 0.2) is 48.5 Å². The lowest BCUT2D eigenvalue weighted by Gasteiger charge is -2.26. The molecule has 7 heteroatoms. The van der Waals surface area contributed by atoms with Crippen LogP contribution in [-0.2, 0) is 6.42 Å². The van der Waals surface area contributed by atoms with E-state index in [1.807, 2.05) is 12.1 Å². The molecule has 1 saturated heterocycles. The molecule has 1 fully saturated rings. The van der Waals surface area contributed by atoms with Crippen LogP contribution in [0, 0.1) is 6.92 Å². The van der Waals surface area contributed by atoms with Crippen molar-refractivity contribution in [1.82, 2.24) is 19.6 Å². The van der Waals surface area contributed by atoms with Crippen LogP contribution in [0.25, 0.3) is 0 Å². The number of piperidine rings is 1. The smallest absolute Gasteiger partial charge is 0.298 e. The second-order valence-corrected chi connectivity index (χ2v) is 8.64. The van der Waals surface area contributed by atoms with Gasteiger partial charge in [-0.3, -0.25) is 4.79 Å². The number of likely N-dealkylation sites (tertiary alicyclic amines) is 1. The molecule has 162 valence electrons. The molecule has 1 N–H and O–H groups in total. The minimum atomic E-state index is -0.0835. The normalized spacial score (nSPS) is 14.4. The first-order valence-electron chi connectivity index (χ1n) is 10.8. The first-order valence-corrected chi connectivity index (χ1v) is 11.6. The highest BCUT2D eigenvalue weighted by atomic mass is 32.1. The van der Waals surface area contributed by atoms with Crippen molar-refractivity contribution in [3.8, 4) is 10.9 Å². The number of benzene rings is 2. The predicted octanol–water partition coefficient (Wildman–Crippen LogP) is 4.45. The molecule has 1 amide bonds. The summed E-state index contributed by atoms with van der Waals surface area (Å²) in [6.45, 7) is 5.89. The third-order valence-electron chi connectivity index (χ3n) is 5.40. The fourth-order valence-corrected chi connectivity index (χ4v) is 4.22. The van der Waals surface area contributed by atoms with Crippen LogP contribution in [0.3, 0.4) is 0 Å². The molecule has 1 aromatic heterocycles. The van der Waals surface area contributed by atoms with E-state index in [1.54, 1.807) is 12.1 Å². The van der Waals surface area contributed by atoms with Crippen molar-refractivity contribution < 1.29 is 9.53 Å². The van der Waals surface area contributed by atoms with E-state index in [2.05, 4.69) is 50.8 Å². The molecule has 0 saturated carbocycles. The van der Waals surface area contributed by atoms with Crippen LogP contribution in [0.5, 0.6) is 10.9 Å². The van der Waals surface area contributed by atoms with Gasteiger partial charge < -0.3 is 15.0 Å². The van der Waals surface area contributed by atoms with Crippen molar-refractivity contribution in [3.05, 3.63) is 71.0 Å². The van der Waals surface area contributed by atoms with Crippen LogP contribution in [0.2, 0.25) is 0 Å². The average Bonchev–Trinajstić information content (AvgIpc) is 3.23. The Labute approximate surface area is 187 Å². The zero-order valence-electron chi connectivity index (χ0n) is 17.8. The number of hydrogen-bond acceptors (Lipinski definition) is 6. The van der Waals surface area contributed by atoms with Crippen LogP contribution in [-0.4, -0.2) is 46.3 Å². The molecule has 2 heterocycles. The number of ether oxygens (including phenoxy) is 1. The van der Waals surface area contributed by atoms with E-state index >= 15 is 0 Å². The Morgan fingerprint density at radius 2 is 1.94 bits per heavy atom. The molecule has 1 aliphatic rings. The molecule has 0 spiro atoms. The van der Waals surface area contributed by atoms with Crippen molar-refractivity contribution in [2.45, 2.75) is 32.6 Å². The molecule has 1 aliphatic heterocycles. The Kier molecular flexibility index (Phi) is 7.27. The van der Waals surface area contributed by atoms with Gasteiger partial charge in [0.2, 0.25) is 0 Å². The molecular weight excluding hydrogens is 408 g/mol. The maximum Gasteiger partial charge on any atom is 0.298 e. The fourth-order valence-electron chi connectivity index (χ4n) is 3.65. The first kappa shape index (κ1) is 21.5. The van der Waals surface area contributed by atoms with E-state index in [-0.39, 0.29) is 5.91 Å². The molecule has 0 bridgehead atoms. The van der Waals surface area contributed by atoms with Gasteiger partial charge in [-0.05, 0) is 56.6 Å². The van der Waals surface area contributed by atoms with Gasteiger partial charge in [-0.25, -0.2) is 0 Å². The van der Waals surface area contributed by atoms with E-state index in [0.29, 0.717) is 29.5 Å². The summed E-state index contributed by atoms with van der Waals surface area (Å²) in [6.07, 6.45) is 4.49. The van der Waals surface area contributed by atoms with Crippen LogP contribution in [0.4, 0.5) is 0 Å². The second kappa shape index (κ2) is 10.5. The number of nitrogens with zero attached hydrogens (tertiary/aromatic N) is 3. The maximum absolute atomic E-state index is 12.5. The SMILES string of the molecule is Cc1ccc(Cc2nsc(Oc3cccc(C(=O)NCCN4CCCCC4)c3)n2)cc1. The third-order valence-corrected chi connectivity index (χ3v) is 6.03. The van der Waals surface area contributed by atoms with Gasteiger partial charge in [0.15, 0.2) is 5.82 Å². The number of nitrogens with one attached hydrogen (secondary N) is 1. The predicted molar refractivity (Wildman–Crippen MR) is 123 cm³/mol. The fraction of sp³-hybridized carbons (Fsp3) is 0.375. The Morgan fingerprint density at radius 3 is 2.74 bits per heavy atom. The van der Waals surface area contributed by atoms with Crippen LogP contribution >= 0.6 is 11.5 Å². The lowest BCUT2D eigenvalue weighted by Crippen LogP contribution is -2.37. The minimum Gasteiger partial charge on any atom is -0.430 e. The van der Waals surface area contributed by atoms with Crippen molar-refractivity contribution >= 4 is 17.4 Å². The summed E-state index contributed by atoms with van der Waals surface area (Å²) in [4.78, 5) is 19.4. The third kappa shape index (κ3) is 6.35. The summed E-state index contributed by atoms with van der Waals surface area (Å²) < 4.78 is 10.3. The number of aromatic nitrogens is 2. The molecular formula is C24H28N4O2S. The number of carbonyl (C=O) groups is 1. The summed E-state index contributed by atoms with van der Waals surface area (Å²) >= 11 is 1.22. The first-order chi connectivity index (χ1) is 15.2. The molecule has 2 aromatic carbocycles. The highest BCUT2D eigenvalue weighted by Crippen LogP contribution is 2.24. The van der Waals surface area contributed by atoms with Gasteiger partial charge in [0.05, 0.1) is 0 Å². The quantitative estimate of drug-likeness (QED) is 0.565. The molecule has 0 unspecified atom stereocenters. The monoisotopic (exact) mass is 436 g/mol. The van der Waals surface area contributed by atoms with Gasteiger partial charge in [0.1, 0.15) is 5.75 Å². The minimum absolute atomic E-state index is 0.0835. The molecule has 0 atom stereocenters. The number of hydrogen-bond donors (Lipinski definition) is 1. The Hall–Kier alpha value is -2.77. The summed E-state index contributed by atoms with van der Waals surface area (Å²) in [7, 11) is 0. The van der Waals surface area contributed by atoms with Crippen LogP contribution < -0.4 is 10.1 Å². The Morgan fingerprint density at radius 1 is 1.13 bits per heavy atom. The number of aryl methyl sites for hydroxylation is 1. The Bertz CT molecular complexity index is 997. The summed E-state index contributed by atoms with van der Waals surface area (Å²) in [5.41, 5.74) is 2.98. The van der Waals surface area contributed by atoms with E-state index in [4.69, 9.17) is 4.74 Å². The summed E-state index contributed by atoms with van der Waals surface area (Å²) in [5.74, 6) is 1.23. The van der Waals surface area contributed by atoms with E-state index < -0.39 is 0 Å². The number of rotatable bonds is 8. The molecule has 6 nitrogen and oxygen atoms in total. The van der Waals surface area contributed by atoms with E-state index in [1.165, 1.54) is 36.4 Å². The van der Waals surface area contributed by atoms with Gasteiger partial charge in [0.25, 0.3) is 11.1 Å². The van der Waals surface area contributed by atoms with Crippen molar-refractivity contribution in [2.75, 3.05) is 26.2 Å². The average molecular weight is 437 g/mol. The molecule has 3 aromatic rings. The Balaban J connectivity index is 1.30. The lowest BCUT2D eigenvalue weighted by molar-refractivity contribution is 0.0946. The molecule has 31 heavy (non-hydrogen) atoms. The largest absolute Gasteiger partial charge is 0.430 e. The second-order valence-electron chi connectivity index (χ2n) is 7.93.